The molecule has 19 N–H and O–H groups in total. The number of aromatic nitrogens is 4. The summed E-state index contributed by atoms with van der Waals surface area (Å²) in [7, 11) is -4.20. The summed E-state index contributed by atoms with van der Waals surface area (Å²) in [5.41, 5.74) is 1.02. The third-order valence-corrected chi connectivity index (χ3v) is 26.3. The number of rotatable bonds is 37. The van der Waals surface area contributed by atoms with E-state index in [9.17, 15) is 102 Å². The Morgan fingerprint density at radius 3 is 2.11 bits per heavy atom. The maximum Gasteiger partial charge on any atom is 0.501 e. The molecule has 3 aromatic carbocycles. The number of aromatic hydroxyl groups is 1. The van der Waals surface area contributed by atoms with Crippen LogP contribution in [0.2, 0.25) is 0 Å². The number of carbonyl (C=O) groups excluding carboxylic acids is 13. The summed E-state index contributed by atoms with van der Waals surface area (Å²) in [6, 6.07) is 2.01. The number of imide groups is 1. The number of nitrogens with zero attached hydrogens (tertiary/aromatic N) is 6. The summed E-state index contributed by atoms with van der Waals surface area (Å²) in [5.74, 6) is -15.7. The Labute approximate surface area is 783 Å². The molecule has 2 aromatic heterocycles. The molecule has 48 nitrogen and oxygen atoms in total. The minimum atomic E-state index is -5.20. The molecule has 13 amide bonds. The first-order valence-electron chi connectivity index (χ1n) is 44.5. The highest BCUT2D eigenvalue weighted by Crippen LogP contribution is 2.36. The fourth-order valence-electron chi connectivity index (χ4n) is 16.2. The van der Waals surface area contributed by atoms with Crippen LogP contribution in [0.1, 0.15) is 92.9 Å². The Bertz CT molecular complexity index is 5270. The van der Waals surface area contributed by atoms with Crippen molar-refractivity contribution < 1.29 is 152 Å². The lowest BCUT2D eigenvalue weighted by molar-refractivity contribution is -0.902. The lowest BCUT2D eigenvalue weighted by Gasteiger charge is -2.39. The summed E-state index contributed by atoms with van der Waals surface area (Å²) in [4.78, 5) is 186. The molecular formula is C86H118N17O31S2+. The molecule has 136 heavy (non-hydrogen) atoms. The number of phenols is 1. The number of aliphatic hydroxyl groups is 7. The van der Waals surface area contributed by atoms with Crippen molar-refractivity contribution >= 4 is 109 Å². The highest BCUT2D eigenvalue weighted by molar-refractivity contribution is 7.85. The van der Waals surface area contributed by atoms with Gasteiger partial charge in [0.25, 0.3) is 17.7 Å². The first-order chi connectivity index (χ1) is 64.8. The van der Waals surface area contributed by atoms with Crippen LogP contribution < -0.4 is 66.3 Å². The molecular weight excluding hydrogens is 1830 g/mol. The molecule has 0 radical (unpaired) electrons. The zero-order valence-corrected chi connectivity index (χ0v) is 77.0. The van der Waals surface area contributed by atoms with Crippen molar-refractivity contribution in [1.29, 1.82) is 0 Å². The topological polar surface area (TPSA) is 673 Å². The number of hydrogen-bond donors (Lipinski definition) is 19. The molecule has 1 saturated carbocycles. The highest BCUT2D eigenvalue weighted by Gasteiger charge is 2.48. The molecule has 0 spiro atoms. The van der Waals surface area contributed by atoms with Gasteiger partial charge in [-0.15, -0.1) is 13.5 Å². The Morgan fingerprint density at radius 1 is 0.713 bits per heavy atom. The smallest absolute Gasteiger partial charge is 0.501 e. The highest BCUT2D eigenvalue weighted by atomic mass is 32.3. The Hall–Kier alpha value is -11.8. The van der Waals surface area contributed by atoms with Crippen LogP contribution in [0.15, 0.2) is 84.0 Å². The Kier molecular flexibility index (Phi) is 37.2. The number of amides is 13. The third kappa shape index (κ3) is 28.7. The second-order valence-corrected chi connectivity index (χ2v) is 37.3. The van der Waals surface area contributed by atoms with Crippen LogP contribution in [-0.4, -0.2) is 362 Å². The molecule has 1 aliphatic carbocycles. The molecule has 5 aromatic rings. The summed E-state index contributed by atoms with van der Waals surface area (Å²) in [5, 5.41) is 119. The average Bonchev–Trinajstić information content (AvgIpc) is 1.48. The van der Waals surface area contributed by atoms with Crippen LogP contribution in [0.4, 0.5) is 0 Å². The van der Waals surface area contributed by atoms with E-state index in [2.05, 4.69) is 68.5 Å². The van der Waals surface area contributed by atoms with E-state index in [1.165, 1.54) is 77.2 Å². The second-order valence-electron chi connectivity index (χ2n) is 34.7. The van der Waals surface area contributed by atoms with Gasteiger partial charge in [0.2, 0.25) is 65.4 Å². The fourth-order valence-corrected chi connectivity index (χ4v) is 18.3. The number of fused-ring (bicyclic) bond motifs is 5. The molecule has 50 heteroatoms. The van der Waals surface area contributed by atoms with Crippen molar-refractivity contribution in [1.82, 2.24) is 82.9 Å². The number of benzene rings is 3. The lowest BCUT2D eigenvalue weighted by Crippen LogP contribution is -2.62. The maximum absolute atomic E-state index is 15.3. The van der Waals surface area contributed by atoms with Crippen molar-refractivity contribution in [2.24, 2.45) is 23.7 Å². The fraction of sp³-hybridized carbons (Fsp3) is 0.570. The second kappa shape index (κ2) is 48.3. The van der Waals surface area contributed by atoms with Gasteiger partial charge in [0, 0.05) is 85.6 Å². The van der Waals surface area contributed by atoms with Crippen molar-refractivity contribution in [3.05, 3.63) is 101 Å². The molecule has 2 saturated heterocycles. The minimum absolute atomic E-state index is 0.00792. The number of carbonyl (C=O) groups is 13. The van der Waals surface area contributed by atoms with Gasteiger partial charge in [0.05, 0.1) is 147 Å². The average molecular weight is 1950 g/mol. The van der Waals surface area contributed by atoms with E-state index in [0.29, 0.717) is 43.6 Å². The number of H-pyrrole nitrogens is 1. The molecule has 2 bridgehead atoms. The van der Waals surface area contributed by atoms with E-state index in [1.807, 2.05) is 0 Å². The summed E-state index contributed by atoms with van der Waals surface area (Å²) < 4.78 is 83.6. The zero-order valence-electron chi connectivity index (χ0n) is 75.4. The van der Waals surface area contributed by atoms with Crippen LogP contribution >= 0.6 is 0 Å². The summed E-state index contributed by atoms with van der Waals surface area (Å²) >= 11 is 0. The third-order valence-electron chi connectivity index (χ3n) is 24.1. The van der Waals surface area contributed by atoms with Crippen molar-refractivity contribution in [2.45, 2.75) is 176 Å². The predicted molar refractivity (Wildman–Crippen MR) is 472 cm³/mol. The number of quaternary nitrogens is 1. The van der Waals surface area contributed by atoms with E-state index in [-0.39, 0.29) is 145 Å². The van der Waals surface area contributed by atoms with E-state index >= 15 is 13.8 Å². The normalized spacial score (nSPS) is 25.4. The number of phenolic OH excluding ortho intramolecular Hbond substituents is 1. The van der Waals surface area contributed by atoms with Crippen LogP contribution in [0.25, 0.3) is 10.9 Å². The maximum atomic E-state index is 15.3. The Balaban J connectivity index is 0.706. The van der Waals surface area contributed by atoms with Gasteiger partial charge in [-0.05, 0) is 97.7 Å². The first kappa shape index (κ1) is 105. The van der Waals surface area contributed by atoms with Crippen LogP contribution in [0.5, 0.6) is 23.0 Å². The van der Waals surface area contributed by atoms with Gasteiger partial charge in [0.1, 0.15) is 89.4 Å². The van der Waals surface area contributed by atoms with Crippen LogP contribution in [0.3, 0.4) is 0 Å². The first-order valence-corrected chi connectivity index (χ1v) is 47.1. The van der Waals surface area contributed by atoms with Crippen LogP contribution in [0, 0.1) is 23.7 Å². The van der Waals surface area contributed by atoms with Gasteiger partial charge in [0.15, 0.2) is 11.5 Å². The number of likely N-dealkylation sites (N-methyl/N-ethyl adjacent to an activating group) is 1. The van der Waals surface area contributed by atoms with Crippen molar-refractivity contribution in [2.75, 3.05) is 118 Å². The number of nitrogens with one attached hydrogen (secondary N) is 11. The summed E-state index contributed by atoms with van der Waals surface area (Å²) in [6.07, 6.45) is -6.99. The Morgan fingerprint density at radius 2 is 1.40 bits per heavy atom. The standard InChI is InChI=1S/C86H117N17O31S2/c1-6-46(2)72-82(122)91-36-68(110)92-61-45-135(125)84-57(56-17-14-53(106)32-58(56)95-84)34-59(79(119)90-37-69(111)96-72)93-83(123)73(47(3)63(108)42-104)97-81(121)62-33-54(107)40-101(62)85(124)60(94-80(61)120)35-67(109)87-21-25-103(4,5)41-49-9-15-55(16-10-49)133-136(126,127)134-65-31-51(13-18-64(65)131-86-76(116)75(115)74(114)66(43-105)132-86)78(118)89-22-26-128-28-24-100-39-52(98-99-100)44-130-30-29-129-27-23-88-77(117)50-11-7-48(8-12-50)38-102-70(112)19-20-71(102)113/h9-10,13-20,31-32,39,46-48,50,54,59-63,66,72-76,86,104-105,107-108,114-116H,6-8,11-12,21-30,33-38,40-45H2,1-5H3,(H11-,87,88,89,90,91,92,93,94,95,96,97,98,99,106,109,110,111,112,113,117,118,119,120,121,122,123)/p+1/t46-,47-,48?,50?,54+,59-,60-,61-,62-,63-,66+,72-,73-,74-,75-,76+,86?,135?/m0/s1. The molecule has 6 aliphatic rings. The number of hydrogen-bond acceptors (Lipinski definition) is 33. The molecule has 5 aliphatic heterocycles. The molecule has 2 unspecified atom stereocenters. The zero-order chi connectivity index (χ0) is 98.4. The minimum Gasteiger partial charge on any atom is -0.508 e. The molecule has 3 fully saturated rings. The number of aliphatic hydroxyl groups excluding tert-OH is 7. The largest absolute Gasteiger partial charge is 0.508 e. The van der Waals surface area contributed by atoms with Gasteiger partial charge in [-0.2, -0.15) is 0 Å². The van der Waals surface area contributed by atoms with E-state index < -0.39 is 241 Å². The predicted octanol–water partition coefficient (Wildman–Crippen LogP) is -6.71. The van der Waals surface area contributed by atoms with Gasteiger partial charge in [-0.25, -0.2) is 4.68 Å². The van der Waals surface area contributed by atoms with E-state index in [4.69, 9.17) is 32.1 Å². The lowest BCUT2D eigenvalue weighted by atomic mass is 9.81. The molecule has 744 valence electrons. The SMILES string of the molecule is CC[C@H](C)[C@@H]1NC(=O)CNC(=O)[C@@H]2Cc3c([nH]c4cc(O)ccc34)S(=O)C[C@H](NC(=O)CNC1=O)C(=O)N[C@@H](CC(=O)NCC[N+](C)(C)Cc1ccc(OS(=O)(=O)Oc3cc(C(=O)NCCOCCn4cc(COCCOCCNC(=O)C5CCC(CN6C(=O)C=CC6=O)CC5)nn4)ccc3OC3O[C@H](CO)[C@H](O)[C@H](O)[C@H]3O)cc1)C(=O)N1C[C@H](O)C[C@H]1C(=O)N[C@@H]([C@@H](C)[C@@H](O)CO)C(=O)N2. The monoisotopic (exact) mass is 1950 g/mol. The van der Waals surface area contributed by atoms with E-state index in [1.54, 1.807) is 34.1 Å². The molecule has 16 atom stereocenters. The van der Waals surface area contributed by atoms with Crippen molar-refractivity contribution in [3.8, 4) is 23.0 Å². The van der Waals surface area contributed by atoms with Crippen molar-refractivity contribution in [3.63, 3.8) is 0 Å². The summed E-state index contributed by atoms with van der Waals surface area (Å²) in [6.45, 7) is 2.53. The quantitative estimate of drug-likeness (QED) is 0.00998. The van der Waals surface area contributed by atoms with Gasteiger partial charge >= 0.3 is 10.4 Å². The van der Waals surface area contributed by atoms with Gasteiger partial charge in [-0.1, -0.05) is 32.4 Å². The van der Waals surface area contributed by atoms with Gasteiger partial charge in [-0.3, -0.25) is 71.4 Å². The van der Waals surface area contributed by atoms with E-state index in [0.717, 1.165) is 29.9 Å². The van der Waals surface area contributed by atoms with Gasteiger partial charge < -0.3 is 140 Å². The van der Waals surface area contributed by atoms with Crippen LogP contribution in [-0.2, 0) is 124 Å². The molecule has 7 heterocycles. The molecule has 11 rings (SSSR count). The number of ether oxygens (including phenoxy) is 5. The number of aromatic amines is 1.